The summed E-state index contributed by atoms with van der Waals surface area (Å²) in [5, 5.41) is 0. The number of hydrogen-bond donors (Lipinski definition) is 0. The normalized spacial score (nSPS) is 9.85. The first kappa shape index (κ1) is 125. The van der Waals surface area contributed by atoms with Gasteiger partial charge in [0.2, 0.25) is 0 Å². The summed E-state index contributed by atoms with van der Waals surface area (Å²) in [5.41, 5.74) is 0. The molecule has 0 radical (unpaired) electrons. The smallest absolute Gasteiger partial charge is 0.000000128 e. The second-order valence-electron chi connectivity index (χ2n) is 52.7. The lowest BCUT2D eigenvalue weighted by molar-refractivity contribution is 3.11. The summed E-state index contributed by atoms with van der Waals surface area (Å²) in [7, 11) is 168. The molecule has 0 aromatic carbocycles. The van der Waals surface area contributed by atoms with Gasteiger partial charge in [-0.1, -0.05) is 0 Å². The van der Waals surface area contributed by atoms with E-state index < -0.39 is 0 Å². The largest absolute Gasteiger partial charge is 0.0593 e. The van der Waals surface area contributed by atoms with Crippen molar-refractivity contribution < 1.29 is 0 Å². The van der Waals surface area contributed by atoms with Crippen LogP contribution in [0.5, 0.6) is 0 Å². The van der Waals surface area contributed by atoms with Crippen LogP contribution in [-0.2, 0) is 0 Å². The maximum atomic E-state index is 2.88. The van der Waals surface area contributed by atoms with Crippen LogP contribution in [-0.4, -0.2) is 828 Å². The number of hydrogen-bond acceptors (Lipinski definition) is 0. The third-order valence-electron chi connectivity index (χ3n) is 34.9. The second kappa shape index (κ2) is 57.6. The van der Waals surface area contributed by atoms with Crippen molar-refractivity contribution in [1.29, 1.82) is 0 Å². The lowest BCUT2D eigenvalue weighted by Gasteiger charge is -2.64. The van der Waals surface area contributed by atoms with Crippen LogP contribution < -0.4 is 0 Å². The van der Waals surface area contributed by atoms with Crippen LogP contribution in [0.25, 0.3) is 0 Å². The fourth-order valence-electron chi connectivity index (χ4n) is 34.5. The van der Waals surface area contributed by atoms with Crippen LogP contribution in [0.4, 0.5) is 0 Å². The predicted molar refractivity (Wildman–Crippen MR) is 839 cm³/mol. The Morgan fingerprint density at radius 1 is 0.0769 bits per heavy atom. The van der Waals surface area contributed by atoms with Gasteiger partial charge in [-0.2, -0.15) is 0 Å². The SMILES string of the molecule is BBB(B(B)B)B(B(B(B)B)B(B)B)B(B(B(B)B)B(B)B)B(B(B(B(B(B)B)B(B)B)B(B(B)B)B(B)B)B(B(B(B)B)B(B)B)B(B(B)B)B(B)B)B(B(B(B(B(B)B)B(B)B)B(B(B)B)B(B)B)B(B(B(B)B)B(B)B)B(B(B)B)B(B)B)B(B(B(B(B)B)B(B)B)B(B(B)B)B(B)B)B(B(B(B)B)B(B)B)B(B(B)B)B(B)B. The van der Waals surface area contributed by atoms with Crippen molar-refractivity contribution in [1.82, 2.24) is 0 Å². The molecule has 117 heavy (non-hydrogen) atoms. The van der Waals surface area contributed by atoms with Gasteiger partial charge in [0.05, 0.1) is 456 Å². The van der Waals surface area contributed by atoms with Gasteiger partial charge in [-0.3, -0.25) is 0 Å². The zero-order chi connectivity index (χ0) is 92.6. The van der Waals surface area contributed by atoms with Crippen LogP contribution in [0.3, 0.4) is 0 Å². The van der Waals surface area contributed by atoms with Crippen LogP contribution >= 0.6 is 0 Å². The zero-order valence-corrected chi connectivity index (χ0v) is 92.6. The minimum absolute atomic E-state index is 0.349. The molecule has 0 rings (SSSR count). The quantitative estimate of drug-likeness (QED) is 0.0533. The molecule has 0 N–H and O–H groups in total. The molecule has 0 heterocycles. The minimum atomic E-state index is 0.349. The third-order valence-corrected chi connectivity index (χ3v) is 34.9. The summed E-state index contributed by atoms with van der Waals surface area (Å²) in [5.74, 6) is 0. The van der Waals surface area contributed by atoms with E-state index in [2.05, 4.69) is 456 Å². The van der Waals surface area contributed by atoms with E-state index in [1.54, 1.807) is 0 Å². The predicted octanol–water partition coefficient (Wildman–Crippen LogP) is -76.4. The van der Waals surface area contributed by atoms with Crippen molar-refractivity contribution >= 4 is 828 Å². The molecule has 0 spiro atoms. The lowest BCUT2D eigenvalue weighted by Crippen LogP contribution is -3.02. The van der Waals surface area contributed by atoms with E-state index in [1.807, 2.05) is 0 Å². The molecule has 0 aliphatic carbocycles. The van der Waals surface area contributed by atoms with Crippen molar-refractivity contribution in [2.24, 2.45) is 0 Å². The Balaban J connectivity index is 16.3. The Labute approximate surface area is 818 Å². The summed E-state index contributed by atoms with van der Waals surface area (Å²) in [4.78, 5) is 0. The topological polar surface area (TPSA) is 0 Å². The molecule has 0 fully saturated rings. The molecule has 0 nitrogen and oxygen atoms in total. The standard InChI is InChI=1S/B117H119/c1-60-90(61(2)3)105(91(62(4)5)63(6)7)112(104(88(56)57)89(58)59)116(113(106(92(64(8)9)65(10)11)93(66(12)13)67(14)15)107(94(68(16)17)69(18)19)95(70(20)21)71(22)23)117(114(108(96(72(24)25)73(26)27)97(74(28)29)75(30)31)109(98(76(32)33)77(34)35)99(78(36)37)79(38)39)115(110(100(80(40)41)81(42)43)101(82(44)45)83(46)47)111(102(84(48)49)85(50)51)103(86(52)53)87(54)55/h60H,1-59H2. The molecule has 470 valence electrons. The Hall–Kier alpha value is 7.60. The van der Waals surface area contributed by atoms with E-state index in [0.717, 1.165) is 0 Å². The Morgan fingerprint density at radius 3 is 0.197 bits per heavy atom. The lowest BCUT2D eigenvalue weighted by atomic mass is 8.17. The van der Waals surface area contributed by atoms with Crippen LogP contribution in [0.2, 0.25) is 0 Å². The summed E-state index contributed by atoms with van der Waals surface area (Å²) in [6.45, 7) is 0. The molecule has 0 atom stereocenters. The maximum absolute atomic E-state index is 2.88. The highest BCUT2D eigenvalue weighted by Crippen LogP contribution is 2.32. The highest BCUT2D eigenvalue weighted by atomic mass is 13.5. The van der Waals surface area contributed by atoms with Gasteiger partial charge in [0.1, 0.15) is 0 Å². The summed E-state index contributed by atoms with van der Waals surface area (Å²) in [6, 6.07) is 0. The highest BCUT2D eigenvalue weighted by Gasteiger charge is 2.71. The molecule has 0 bridgehead atoms. The van der Waals surface area contributed by atoms with Crippen molar-refractivity contribution in [3.63, 3.8) is 0 Å². The van der Waals surface area contributed by atoms with Gasteiger partial charge in [-0.05, 0) is 0 Å². The Bertz CT molecular complexity index is 2040. The van der Waals surface area contributed by atoms with Crippen molar-refractivity contribution in [2.45, 2.75) is 0 Å². The molecule has 0 aliphatic rings. The second-order valence-corrected chi connectivity index (χ2v) is 52.7. The van der Waals surface area contributed by atoms with E-state index >= 15 is 0 Å². The third kappa shape index (κ3) is 33.5. The van der Waals surface area contributed by atoms with E-state index in [4.69, 9.17) is 0 Å². The minimum Gasteiger partial charge on any atom is 0.000000128 e. The molecule has 0 aromatic rings. The molecule has 0 saturated carbocycles. The molecule has 0 aromatic heterocycles. The first-order chi connectivity index (χ1) is 53.3. The average Bonchev–Trinajstić information content (AvgIpc) is 0.701. The molecule has 0 saturated heterocycles. The summed E-state index contributed by atoms with van der Waals surface area (Å²) in [6.07, 6.45) is 27.6. The van der Waals surface area contributed by atoms with Gasteiger partial charge in [-0.25, -0.2) is 0 Å². The van der Waals surface area contributed by atoms with Gasteiger partial charge in [0, 0.05) is 371 Å². The van der Waals surface area contributed by atoms with E-state index in [9.17, 15) is 0 Å². The fourth-order valence-corrected chi connectivity index (χ4v) is 34.5. The van der Waals surface area contributed by atoms with E-state index in [1.165, 1.54) is 7.06 Å². The molecule has 0 unspecified atom stereocenters. The van der Waals surface area contributed by atoms with Gasteiger partial charge in [-0.15, -0.1) is 0 Å². The molecular formula is H119B117. The first-order valence-corrected chi connectivity index (χ1v) is 53.3. The van der Waals surface area contributed by atoms with E-state index in [-0.39, 0.29) is 0 Å². The van der Waals surface area contributed by atoms with Crippen LogP contribution in [0.1, 0.15) is 0 Å². The van der Waals surface area contributed by atoms with Crippen LogP contribution in [0, 0.1) is 0 Å². The number of rotatable bonds is 57. The average molecular weight is 1380 g/mol. The molecule has 0 aliphatic heterocycles. The molecule has 0 amide bonds. The first-order valence-electron chi connectivity index (χ1n) is 53.3. The Morgan fingerprint density at radius 2 is 0.137 bits per heavy atom. The maximum Gasteiger partial charge on any atom is 0.0593 e. The van der Waals surface area contributed by atoms with Crippen molar-refractivity contribution in [3.05, 3.63) is 0 Å². The van der Waals surface area contributed by atoms with E-state index in [0.29, 0.717) is 364 Å². The van der Waals surface area contributed by atoms with Gasteiger partial charge in [0.25, 0.3) is 0 Å². The van der Waals surface area contributed by atoms with Crippen molar-refractivity contribution in [2.75, 3.05) is 0 Å². The van der Waals surface area contributed by atoms with Gasteiger partial charge in [0.15, 0.2) is 0 Å². The van der Waals surface area contributed by atoms with Gasteiger partial charge >= 0.3 is 0 Å². The van der Waals surface area contributed by atoms with Gasteiger partial charge < -0.3 is 0 Å². The zero-order valence-electron chi connectivity index (χ0n) is 92.6. The summed E-state index contributed by atoms with van der Waals surface area (Å²) >= 11 is 0. The monoisotopic (exact) mass is 1410 g/mol. The Kier molecular flexibility index (Phi) is 61.3. The van der Waals surface area contributed by atoms with Crippen LogP contribution in [0.15, 0.2) is 0 Å². The molecule has 117 heteroatoms. The summed E-state index contributed by atoms with van der Waals surface area (Å²) < 4.78 is 0. The van der Waals surface area contributed by atoms with Crippen molar-refractivity contribution in [3.8, 4) is 0 Å². The highest BCUT2D eigenvalue weighted by molar-refractivity contribution is 8.46. The molecular weight excluding hydrogens is 1270 g/mol. The fraction of sp³-hybridized carbons (Fsp3) is 0.